The zero-order valence-electron chi connectivity index (χ0n) is 13.4. The van der Waals surface area contributed by atoms with Gasteiger partial charge in [-0.3, -0.25) is 0 Å². The van der Waals surface area contributed by atoms with Crippen LogP contribution in [0.3, 0.4) is 0 Å². The largest absolute Gasteiger partial charge is 0.393 e. The van der Waals surface area contributed by atoms with Crippen molar-refractivity contribution in [1.29, 1.82) is 0 Å². The highest BCUT2D eigenvalue weighted by molar-refractivity contribution is 7.73. The third-order valence-corrected chi connectivity index (χ3v) is 6.74. The minimum atomic E-state index is -0.408. The zero-order valence-corrected chi connectivity index (χ0v) is 14.3. The van der Waals surface area contributed by atoms with Gasteiger partial charge in [0.05, 0.1) is 6.10 Å². The number of hydrogen-bond donors (Lipinski definition) is 1. The molecule has 1 atom stereocenters. The molecule has 0 aliphatic heterocycles. The predicted molar refractivity (Wildman–Crippen MR) is 101 cm³/mol. The van der Waals surface area contributed by atoms with Gasteiger partial charge in [0, 0.05) is 0 Å². The Balaban J connectivity index is 1.86. The minimum Gasteiger partial charge on any atom is -0.393 e. The van der Waals surface area contributed by atoms with Gasteiger partial charge >= 0.3 is 0 Å². The molecule has 0 radical (unpaired) electrons. The number of benzene rings is 2. The molecule has 0 aromatic heterocycles. The van der Waals surface area contributed by atoms with Crippen molar-refractivity contribution >= 4 is 18.5 Å². The predicted octanol–water partition coefficient (Wildman–Crippen LogP) is 4.15. The molecule has 2 heteroatoms. The second-order valence-electron chi connectivity index (χ2n) is 6.01. The van der Waals surface area contributed by atoms with Crippen molar-refractivity contribution in [3.63, 3.8) is 0 Å². The van der Waals surface area contributed by atoms with E-state index in [1.54, 1.807) is 0 Å². The summed E-state index contributed by atoms with van der Waals surface area (Å²) in [5.41, 5.74) is 2.45. The van der Waals surface area contributed by atoms with E-state index in [9.17, 15) is 5.11 Å². The smallest absolute Gasteiger partial charge is 0.0583 e. The molecule has 1 N–H and O–H groups in total. The Morgan fingerprint density at radius 2 is 1.57 bits per heavy atom. The molecule has 2 aromatic carbocycles. The van der Waals surface area contributed by atoms with Gasteiger partial charge in [-0.25, -0.2) is 0 Å². The Hall–Kier alpha value is -1.69. The lowest BCUT2D eigenvalue weighted by Crippen LogP contribution is -2.16. The fourth-order valence-electron chi connectivity index (χ4n) is 3.01. The summed E-state index contributed by atoms with van der Waals surface area (Å²) in [6.45, 7) is 4.18. The fourth-order valence-corrected chi connectivity index (χ4v) is 5.19. The Kier molecular flexibility index (Phi) is 5.43. The molecule has 0 saturated heterocycles. The Morgan fingerprint density at radius 3 is 2.13 bits per heavy atom. The molecule has 0 bridgehead atoms. The molecule has 2 aromatic rings. The molecule has 118 valence electrons. The molecular weight excluding hydrogens is 299 g/mol. The zero-order chi connectivity index (χ0) is 16.1. The fraction of sp³-hybridized carbons (Fsp3) is 0.238. The van der Waals surface area contributed by atoms with Crippen LogP contribution in [0.25, 0.3) is 0 Å². The van der Waals surface area contributed by atoms with E-state index in [0.717, 1.165) is 25.4 Å². The molecule has 23 heavy (non-hydrogen) atoms. The van der Waals surface area contributed by atoms with Gasteiger partial charge in [0.1, 0.15) is 0 Å². The van der Waals surface area contributed by atoms with E-state index < -0.39 is 7.92 Å². The van der Waals surface area contributed by atoms with Gasteiger partial charge in [0.2, 0.25) is 0 Å². The van der Waals surface area contributed by atoms with Crippen molar-refractivity contribution < 1.29 is 5.11 Å². The van der Waals surface area contributed by atoms with Gasteiger partial charge in [-0.1, -0.05) is 78.9 Å². The summed E-state index contributed by atoms with van der Waals surface area (Å²) in [7, 11) is -0.408. The van der Waals surface area contributed by atoms with E-state index in [4.69, 9.17) is 0 Å². The van der Waals surface area contributed by atoms with Crippen LogP contribution in [-0.4, -0.2) is 17.4 Å². The lowest BCUT2D eigenvalue weighted by atomic mass is 9.89. The molecule has 1 fully saturated rings. The highest BCUT2D eigenvalue weighted by Gasteiger charge is 2.18. The van der Waals surface area contributed by atoms with E-state index in [2.05, 4.69) is 73.3 Å². The van der Waals surface area contributed by atoms with E-state index in [1.807, 2.05) is 0 Å². The van der Waals surface area contributed by atoms with E-state index in [0.29, 0.717) is 0 Å². The van der Waals surface area contributed by atoms with Crippen molar-refractivity contribution in [1.82, 2.24) is 0 Å². The summed E-state index contributed by atoms with van der Waals surface area (Å²) in [5, 5.41) is 12.7. The number of aliphatic hydroxyl groups excluding tert-OH is 1. The van der Waals surface area contributed by atoms with Crippen LogP contribution < -0.4 is 10.6 Å². The monoisotopic (exact) mass is 322 g/mol. The maximum Gasteiger partial charge on any atom is 0.0583 e. The molecular formula is C21H23OP. The molecule has 0 heterocycles. The third kappa shape index (κ3) is 4.19. The molecule has 3 rings (SSSR count). The van der Waals surface area contributed by atoms with Crippen LogP contribution in [0.4, 0.5) is 0 Å². The lowest BCUT2D eigenvalue weighted by Gasteiger charge is -2.23. The van der Waals surface area contributed by atoms with Crippen molar-refractivity contribution in [2.24, 2.45) is 0 Å². The normalized spacial score (nSPS) is 20.2. The lowest BCUT2D eigenvalue weighted by molar-refractivity contribution is 0.158. The van der Waals surface area contributed by atoms with Gasteiger partial charge in [-0.05, 0) is 49.5 Å². The first kappa shape index (κ1) is 16.2. The van der Waals surface area contributed by atoms with Crippen LogP contribution in [-0.2, 0) is 0 Å². The average molecular weight is 322 g/mol. The highest BCUT2D eigenvalue weighted by atomic mass is 31.1. The summed E-state index contributed by atoms with van der Waals surface area (Å²) in [5.74, 6) is 0. The van der Waals surface area contributed by atoms with Crippen LogP contribution in [0.1, 0.15) is 19.3 Å². The Morgan fingerprint density at radius 1 is 1.00 bits per heavy atom. The maximum absolute atomic E-state index is 9.92. The summed E-state index contributed by atoms with van der Waals surface area (Å²) in [4.78, 5) is 0. The molecule has 1 saturated carbocycles. The first-order chi connectivity index (χ1) is 11.2. The SMILES string of the molecule is C=C1CC[C@H](O)C/C1=C/CP(c1ccccc1)c1ccccc1. The number of hydrogen-bond acceptors (Lipinski definition) is 1. The minimum absolute atomic E-state index is 0.202. The molecule has 0 unspecified atom stereocenters. The third-order valence-electron chi connectivity index (χ3n) is 4.34. The van der Waals surface area contributed by atoms with Crippen LogP contribution in [0, 0.1) is 0 Å². The van der Waals surface area contributed by atoms with Crippen molar-refractivity contribution in [3.8, 4) is 0 Å². The number of aliphatic hydroxyl groups is 1. The van der Waals surface area contributed by atoms with Crippen molar-refractivity contribution in [2.45, 2.75) is 25.4 Å². The van der Waals surface area contributed by atoms with Gasteiger partial charge in [-0.2, -0.15) is 0 Å². The molecule has 1 nitrogen and oxygen atoms in total. The number of allylic oxidation sites excluding steroid dienone is 2. The molecule has 1 aliphatic rings. The molecule has 1 aliphatic carbocycles. The van der Waals surface area contributed by atoms with Crippen LogP contribution in [0.2, 0.25) is 0 Å². The first-order valence-electron chi connectivity index (χ1n) is 8.17. The second-order valence-corrected chi connectivity index (χ2v) is 8.27. The van der Waals surface area contributed by atoms with Gasteiger partial charge < -0.3 is 5.11 Å². The quantitative estimate of drug-likeness (QED) is 0.839. The maximum atomic E-state index is 9.92. The van der Waals surface area contributed by atoms with Gasteiger partial charge in [-0.15, -0.1) is 0 Å². The van der Waals surface area contributed by atoms with E-state index in [-0.39, 0.29) is 6.10 Å². The standard InChI is InChI=1S/C21H23OP/c1-17-12-13-19(22)16-18(17)14-15-23(20-8-4-2-5-9-20)21-10-6-3-7-11-21/h2-11,14,19,22H,1,12-13,15-16H2/b18-14-/t19-/m0/s1. The topological polar surface area (TPSA) is 20.2 Å². The van der Waals surface area contributed by atoms with Gasteiger partial charge in [0.25, 0.3) is 0 Å². The summed E-state index contributed by atoms with van der Waals surface area (Å²) < 4.78 is 0. The molecule has 0 amide bonds. The van der Waals surface area contributed by atoms with Crippen LogP contribution in [0.15, 0.2) is 84.5 Å². The second kappa shape index (κ2) is 7.73. The molecule has 0 spiro atoms. The Labute approximate surface area is 140 Å². The van der Waals surface area contributed by atoms with Crippen LogP contribution >= 0.6 is 7.92 Å². The van der Waals surface area contributed by atoms with Crippen molar-refractivity contribution in [3.05, 3.63) is 84.5 Å². The average Bonchev–Trinajstić information content (AvgIpc) is 2.60. The summed E-state index contributed by atoms with van der Waals surface area (Å²) in [6, 6.07) is 21.5. The first-order valence-corrected chi connectivity index (χ1v) is 9.69. The van der Waals surface area contributed by atoms with E-state index in [1.165, 1.54) is 21.8 Å². The number of rotatable bonds is 4. The summed E-state index contributed by atoms with van der Waals surface area (Å²) in [6.07, 6.45) is 5.64. The van der Waals surface area contributed by atoms with Gasteiger partial charge in [0.15, 0.2) is 0 Å². The summed E-state index contributed by atoms with van der Waals surface area (Å²) >= 11 is 0. The van der Waals surface area contributed by atoms with Crippen molar-refractivity contribution in [2.75, 3.05) is 6.16 Å². The van der Waals surface area contributed by atoms with Crippen LogP contribution in [0.5, 0.6) is 0 Å². The van der Waals surface area contributed by atoms with E-state index >= 15 is 0 Å². The Bertz CT molecular complexity index is 636. The highest BCUT2D eigenvalue weighted by Crippen LogP contribution is 2.36.